The van der Waals surface area contributed by atoms with Gasteiger partial charge in [-0.1, -0.05) is 0 Å². The zero-order valence-electron chi connectivity index (χ0n) is 12.5. The largest absolute Gasteiger partial charge is 0.352 e. The first kappa shape index (κ1) is 13.7. The first-order chi connectivity index (χ1) is 10.7. The fourth-order valence-corrected chi connectivity index (χ4v) is 3.73. The number of hydrogen-bond acceptors (Lipinski definition) is 4. The Morgan fingerprint density at radius 1 is 1.45 bits per heavy atom. The predicted octanol–water partition coefficient (Wildman–Crippen LogP) is 1.21. The van der Waals surface area contributed by atoms with Crippen LogP contribution in [0.15, 0.2) is 24.5 Å². The lowest BCUT2D eigenvalue weighted by Crippen LogP contribution is -2.40. The van der Waals surface area contributed by atoms with Crippen LogP contribution in [0.3, 0.4) is 0 Å². The molecule has 2 aliphatic carbocycles. The number of pyridine rings is 1. The number of carbonyl (C=O) groups excluding carboxylic acids is 1. The lowest BCUT2D eigenvalue weighted by atomic mass is 9.83. The Morgan fingerprint density at radius 3 is 2.95 bits per heavy atom. The molecule has 1 atom stereocenters. The Bertz CT molecular complexity index is 701. The Hall–Kier alpha value is -1.95. The van der Waals surface area contributed by atoms with Crippen LogP contribution in [0.2, 0.25) is 0 Å². The van der Waals surface area contributed by atoms with Crippen molar-refractivity contribution in [2.75, 3.05) is 0 Å². The number of rotatable bonds is 3. The number of carbonyl (C=O) groups is 1. The molecule has 0 aliphatic heterocycles. The maximum Gasteiger partial charge on any atom is 0.242 e. The highest BCUT2D eigenvalue weighted by Gasteiger charge is 2.52. The van der Waals surface area contributed by atoms with Crippen LogP contribution < -0.4 is 11.1 Å². The van der Waals surface area contributed by atoms with Gasteiger partial charge in [0.2, 0.25) is 5.91 Å². The van der Waals surface area contributed by atoms with Gasteiger partial charge in [-0.05, 0) is 49.7 Å². The van der Waals surface area contributed by atoms with Crippen molar-refractivity contribution >= 4 is 16.9 Å². The quantitative estimate of drug-likeness (QED) is 0.892. The van der Waals surface area contributed by atoms with Crippen LogP contribution >= 0.6 is 0 Å². The molecule has 4 rings (SSSR count). The summed E-state index contributed by atoms with van der Waals surface area (Å²) in [5.41, 5.74) is 7.18. The minimum Gasteiger partial charge on any atom is -0.352 e. The van der Waals surface area contributed by atoms with Gasteiger partial charge in [0.15, 0.2) is 5.65 Å². The Kier molecular flexibility index (Phi) is 3.14. The van der Waals surface area contributed by atoms with Crippen LogP contribution in [0.4, 0.5) is 0 Å². The molecule has 0 saturated heterocycles. The fourth-order valence-electron chi connectivity index (χ4n) is 3.73. The minimum atomic E-state index is 0.0108. The van der Waals surface area contributed by atoms with Gasteiger partial charge in [-0.15, -0.1) is 0 Å². The lowest BCUT2D eigenvalue weighted by Gasteiger charge is -2.29. The highest BCUT2D eigenvalue weighted by Crippen LogP contribution is 2.54. The van der Waals surface area contributed by atoms with E-state index < -0.39 is 0 Å². The Balaban J connectivity index is 1.35. The predicted molar refractivity (Wildman–Crippen MR) is 83.0 cm³/mol. The van der Waals surface area contributed by atoms with Crippen LogP contribution in [0, 0.1) is 5.41 Å². The van der Waals surface area contributed by atoms with Crippen LogP contribution in [0.5, 0.6) is 0 Å². The molecule has 2 saturated carbocycles. The second-order valence-electron chi connectivity index (χ2n) is 6.73. The summed E-state index contributed by atoms with van der Waals surface area (Å²) >= 11 is 0. The maximum absolute atomic E-state index is 12.2. The van der Waals surface area contributed by atoms with E-state index in [2.05, 4.69) is 15.4 Å². The summed E-state index contributed by atoms with van der Waals surface area (Å²) in [6, 6.07) is 4.49. The maximum atomic E-state index is 12.2. The van der Waals surface area contributed by atoms with Gasteiger partial charge in [-0.25, -0.2) is 9.67 Å². The average molecular weight is 299 g/mol. The summed E-state index contributed by atoms with van der Waals surface area (Å²) in [7, 11) is 0. The molecule has 0 aromatic carbocycles. The molecule has 22 heavy (non-hydrogen) atoms. The molecule has 2 heterocycles. The van der Waals surface area contributed by atoms with Gasteiger partial charge >= 0.3 is 0 Å². The highest BCUT2D eigenvalue weighted by molar-refractivity contribution is 5.79. The van der Waals surface area contributed by atoms with Crippen molar-refractivity contribution in [2.24, 2.45) is 11.1 Å². The van der Waals surface area contributed by atoms with Gasteiger partial charge in [-0.2, -0.15) is 5.10 Å². The smallest absolute Gasteiger partial charge is 0.242 e. The normalized spacial score (nSPS) is 30.6. The molecule has 116 valence electrons. The molecule has 2 aromatic heterocycles. The third-order valence-corrected chi connectivity index (χ3v) is 5.29. The molecule has 2 aromatic rings. The van der Waals surface area contributed by atoms with Crippen LogP contribution in [0.1, 0.15) is 32.1 Å². The molecule has 6 heteroatoms. The van der Waals surface area contributed by atoms with Crippen molar-refractivity contribution in [3.05, 3.63) is 24.5 Å². The third-order valence-electron chi connectivity index (χ3n) is 5.29. The second-order valence-corrected chi connectivity index (χ2v) is 6.73. The first-order valence-corrected chi connectivity index (χ1v) is 7.98. The number of amides is 1. The lowest BCUT2D eigenvalue weighted by molar-refractivity contribution is -0.122. The zero-order chi connectivity index (χ0) is 15.2. The monoisotopic (exact) mass is 299 g/mol. The number of nitrogens with zero attached hydrogens (tertiary/aromatic N) is 3. The molecule has 3 N–H and O–H groups in total. The number of nitrogens with two attached hydrogens (primary N) is 1. The molecule has 1 unspecified atom stereocenters. The van der Waals surface area contributed by atoms with Crippen molar-refractivity contribution in [3.8, 4) is 0 Å². The van der Waals surface area contributed by atoms with Gasteiger partial charge < -0.3 is 11.1 Å². The zero-order valence-corrected chi connectivity index (χ0v) is 12.5. The van der Waals surface area contributed by atoms with Gasteiger partial charge in [0.05, 0.1) is 6.20 Å². The summed E-state index contributed by atoms with van der Waals surface area (Å²) in [6.45, 7) is 0.224. The molecule has 2 fully saturated rings. The Morgan fingerprint density at radius 2 is 2.23 bits per heavy atom. The van der Waals surface area contributed by atoms with E-state index in [4.69, 9.17) is 5.73 Å². The Labute approximate surface area is 129 Å². The molecule has 2 aliphatic rings. The van der Waals surface area contributed by atoms with Crippen molar-refractivity contribution in [1.82, 2.24) is 20.1 Å². The summed E-state index contributed by atoms with van der Waals surface area (Å²) in [6.07, 6.45) is 9.00. The SMILES string of the molecule is NC1CC12CCC(NC(=O)Cn1ncc3cccnc31)CC2. The van der Waals surface area contributed by atoms with Gasteiger partial charge in [-0.3, -0.25) is 4.79 Å². The van der Waals surface area contributed by atoms with Gasteiger partial charge in [0.1, 0.15) is 6.54 Å². The van der Waals surface area contributed by atoms with E-state index in [9.17, 15) is 4.79 Å². The average Bonchev–Trinajstić information content (AvgIpc) is 2.96. The van der Waals surface area contributed by atoms with Crippen LogP contribution in [-0.2, 0) is 11.3 Å². The van der Waals surface area contributed by atoms with Gasteiger partial charge in [0, 0.05) is 23.7 Å². The van der Waals surface area contributed by atoms with E-state index in [1.165, 1.54) is 6.42 Å². The molecule has 0 radical (unpaired) electrons. The molecule has 0 bridgehead atoms. The third kappa shape index (κ3) is 2.37. The van der Waals surface area contributed by atoms with E-state index in [1.807, 2.05) is 12.1 Å². The molecule has 1 amide bonds. The molecule has 1 spiro atoms. The van der Waals surface area contributed by atoms with E-state index in [0.29, 0.717) is 11.5 Å². The van der Waals surface area contributed by atoms with E-state index in [1.54, 1.807) is 17.1 Å². The summed E-state index contributed by atoms with van der Waals surface area (Å²) in [4.78, 5) is 16.5. The molecular formula is C16H21N5O. The minimum absolute atomic E-state index is 0.0108. The second kappa shape index (κ2) is 5.05. The summed E-state index contributed by atoms with van der Waals surface area (Å²) in [5.74, 6) is 0.0108. The number of hydrogen-bond donors (Lipinski definition) is 2. The summed E-state index contributed by atoms with van der Waals surface area (Å²) in [5, 5.41) is 8.34. The van der Waals surface area contributed by atoms with Crippen LogP contribution in [0.25, 0.3) is 11.0 Å². The van der Waals surface area contributed by atoms with Crippen molar-refractivity contribution in [3.63, 3.8) is 0 Å². The van der Waals surface area contributed by atoms with Crippen molar-refractivity contribution in [1.29, 1.82) is 0 Å². The van der Waals surface area contributed by atoms with E-state index in [0.717, 1.165) is 36.7 Å². The topological polar surface area (TPSA) is 85.8 Å². The van der Waals surface area contributed by atoms with Gasteiger partial charge in [0.25, 0.3) is 0 Å². The summed E-state index contributed by atoms with van der Waals surface area (Å²) < 4.78 is 1.66. The number of nitrogens with one attached hydrogen (secondary N) is 1. The fraction of sp³-hybridized carbons (Fsp3) is 0.562. The molecule has 6 nitrogen and oxygen atoms in total. The van der Waals surface area contributed by atoms with E-state index in [-0.39, 0.29) is 18.5 Å². The van der Waals surface area contributed by atoms with Crippen LogP contribution in [-0.4, -0.2) is 32.8 Å². The standard InChI is InChI=1S/C16H21N5O/c17-13-8-16(13)5-3-12(4-6-16)20-14(22)10-21-15-11(9-19-21)2-1-7-18-15/h1-2,7,9,12-13H,3-6,8,10,17H2,(H,20,22). The molecular weight excluding hydrogens is 278 g/mol. The number of fused-ring (bicyclic) bond motifs is 1. The van der Waals surface area contributed by atoms with E-state index >= 15 is 0 Å². The van der Waals surface area contributed by atoms with Crippen molar-refractivity contribution < 1.29 is 4.79 Å². The van der Waals surface area contributed by atoms with Crippen molar-refractivity contribution in [2.45, 2.75) is 50.7 Å². The highest BCUT2D eigenvalue weighted by atomic mass is 16.2. The first-order valence-electron chi connectivity index (χ1n) is 7.98. The number of aromatic nitrogens is 3.